The van der Waals surface area contributed by atoms with E-state index in [-0.39, 0.29) is 11.7 Å². The third-order valence-corrected chi connectivity index (χ3v) is 4.06. The number of carboxylic acids is 1. The van der Waals surface area contributed by atoms with E-state index < -0.39 is 5.97 Å². The highest BCUT2D eigenvalue weighted by Crippen LogP contribution is 2.26. The Kier molecular flexibility index (Phi) is 6.58. The average Bonchev–Trinajstić information content (AvgIpc) is 2.40. The Hall–Kier alpha value is -1.49. The van der Waals surface area contributed by atoms with Crippen LogP contribution in [0.2, 0.25) is 0 Å². The summed E-state index contributed by atoms with van der Waals surface area (Å²) < 4.78 is 5.54. The quantitative estimate of drug-likeness (QED) is 0.746. The van der Waals surface area contributed by atoms with E-state index in [2.05, 4.69) is 0 Å². The van der Waals surface area contributed by atoms with Crippen LogP contribution in [0, 0.1) is 5.92 Å². The van der Waals surface area contributed by atoms with Gasteiger partial charge in [0.05, 0.1) is 12.5 Å². The molecule has 0 spiro atoms. The van der Waals surface area contributed by atoms with E-state index >= 15 is 0 Å². The number of benzene rings is 1. The van der Waals surface area contributed by atoms with Gasteiger partial charge in [0.15, 0.2) is 5.78 Å². The Balaban J connectivity index is 2.76. The third-order valence-electron chi connectivity index (χ3n) is 2.81. The zero-order valence-electron chi connectivity index (χ0n) is 12.0. The van der Waals surface area contributed by atoms with Crippen molar-refractivity contribution in [3.8, 4) is 5.75 Å². The second kappa shape index (κ2) is 7.94. The first kappa shape index (κ1) is 16.6. The first-order valence-electron chi connectivity index (χ1n) is 6.52. The molecule has 0 fully saturated rings. The molecule has 0 aliphatic rings. The van der Waals surface area contributed by atoms with Crippen LogP contribution in [0.4, 0.5) is 0 Å². The van der Waals surface area contributed by atoms with Crippen LogP contribution in [-0.2, 0) is 10.5 Å². The predicted octanol–water partition coefficient (Wildman–Crippen LogP) is 3.24. The van der Waals surface area contributed by atoms with Crippen molar-refractivity contribution in [1.29, 1.82) is 0 Å². The van der Waals surface area contributed by atoms with Crippen molar-refractivity contribution in [1.82, 2.24) is 0 Å². The number of carbonyl (C=O) groups excluding carboxylic acids is 1. The van der Waals surface area contributed by atoms with E-state index in [1.54, 1.807) is 19.1 Å². The Morgan fingerprint density at radius 3 is 2.65 bits per heavy atom. The van der Waals surface area contributed by atoms with Crippen molar-refractivity contribution in [3.05, 3.63) is 29.3 Å². The zero-order valence-corrected chi connectivity index (χ0v) is 12.8. The van der Waals surface area contributed by atoms with Gasteiger partial charge in [-0.05, 0) is 32.0 Å². The minimum Gasteiger partial charge on any atom is -0.494 e. The number of carbonyl (C=O) groups is 2. The van der Waals surface area contributed by atoms with Crippen LogP contribution in [0.15, 0.2) is 18.2 Å². The van der Waals surface area contributed by atoms with E-state index in [1.165, 1.54) is 18.7 Å². The number of carboxylic acid groups (broad SMARTS) is 1. The molecule has 5 heteroatoms. The van der Waals surface area contributed by atoms with Gasteiger partial charge in [-0.25, -0.2) is 0 Å². The maximum absolute atomic E-state index is 11.4. The molecule has 0 saturated heterocycles. The lowest BCUT2D eigenvalue weighted by Gasteiger charge is -2.12. The van der Waals surface area contributed by atoms with Gasteiger partial charge in [0.1, 0.15) is 5.75 Å². The van der Waals surface area contributed by atoms with Crippen molar-refractivity contribution in [2.24, 2.45) is 5.92 Å². The maximum Gasteiger partial charge on any atom is 0.307 e. The highest BCUT2D eigenvalue weighted by atomic mass is 32.2. The molecule has 1 aromatic carbocycles. The van der Waals surface area contributed by atoms with Gasteiger partial charge in [-0.3, -0.25) is 9.59 Å². The highest BCUT2D eigenvalue weighted by Gasteiger charge is 2.12. The minimum absolute atomic E-state index is 0.0122. The van der Waals surface area contributed by atoms with E-state index in [1.807, 2.05) is 13.0 Å². The van der Waals surface area contributed by atoms with Crippen molar-refractivity contribution >= 4 is 23.5 Å². The Morgan fingerprint density at radius 2 is 2.10 bits per heavy atom. The topological polar surface area (TPSA) is 63.6 Å². The lowest BCUT2D eigenvalue weighted by Crippen LogP contribution is -2.12. The molecule has 1 atom stereocenters. The van der Waals surface area contributed by atoms with Crippen LogP contribution in [0.25, 0.3) is 0 Å². The number of ketones is 1. The molecule has 0 amide bonds. The minimum atomic E-state index is -0.792. The van der Waals surface area contributed by atoms with Crippen molar-refractivity contribution in [3.63, 3.8) is 0 Å². The van der Waals surface area contributed by atoms with Gasteiger partial charge in [0.2, 0.25) is 0 Å². The van der Waals surface area contributed by atoms with Gasteiger partial charge in [-0.15, -0.1) is 0 Å². The third kappa shape index (κ3) is 4.89. The van der Waals surface area contributed by atoms with E-state index in [9.17, 15) is 9.59 Å². The van der Waals surface area contributed by atoms with Gasteiger partial charge >= 0.3 is 5.97 Å². The number of rotatable bonds is 8. The number of aliphatic carboxylic acids is 1. The van der Waals surface area contributed by atoms with Crippen LogP contribution in [-0.4, -0.2) is 29.2 Å². The van der Waals surface area contributed by atoms with Gasteiger partial charge in [-0.1, -0.05) is 6.92 Å². The van der Waals surface area contributed by atoms with Crippen LogP contribution >= 0.6 is 11.8 Å². The number of Topliss-reactive ketones (excluding diaryl/α,β-unsaturated/α-hetero) is 1. The van der Waals surface area contributed by atoms with Gasteiger partial charge in [-0.2, -0.15) is 11.8 Å². The summed E-state index contributed by atoms with van der Waals surface area (Å²) in [5.41, 5.74) is 1.58. The summed E-state index contributed by atoms with van der Waals surface area (Å²) in [4.78, 5) is 22.2. The van der Waals surface area contributed by atoms with Gasteiger partial charge < -0.3 is 9.84 Å². The molecule has 0 heterocycles. The number of hydrogen-bond acceptors (Lipinski definition) is 4. The second-order valence-corrected chi connectivity index (χ2v) is 5.60. The molecule has 0 aliphatic carbocycles. The lowest BCUT2D eigenvalue weighted by molar-refractivity contribution is -0.140. The summed E-state index contributed by atoms with van der Waals surface area (Å²) in [5, 5.41) is 8.85. The first-order chi connectivity index (χ1) is 9.45. The van der Waals surface area contributed by atoms with Crippen LogP contribution in [0.1, 0.15) is 36.7 Å². The fourth-order valence-corrected chi connectivity index (χ4v) is 2.68. The van der Waals surface area contributed by atoms with E-state index in [4.69, 9.17) is 9.84 Å². The molecule has 110 valence electrons. The fraction of sp³-hybridized carbons (Fsp3) is 0.467. The molecular formula is C15H20O4S. The van der Waals surface area contributed by atoms with Crippen molar-refractivity contribution in [2.75, 3.05) is 12.4 Å². The molecule has 0 aromatic heterocycles. The lowest BCUT2D eigenvalue weighted by atomic mass is 10.1. The fourth-order valence-electron chi connectivity index (χ4n) is 1.62. The Morgan fingerprint density at radius 1 is 1.40 bits per heavy atom. The van der Waals surface area contributed by atoms with Crippen LogP contribution in [0.5, 0.6) is 5.75 Å². The summed E-state index contributed by atoms with van der Waals surface area (Å²) in [7, 11) is 0. The summed E-state index contributed by atoms with van der Waals surface area (Å²) in [6.07, 6.45) is 0. The molecule has 0 saturated carbocycles. The number of thioether (sulfide) groups is 1. The molecule has 1 rings (SSSR count). The van der Waals surface area contributed by atoms with Crippen molar-refractivity contribution < 1.29 is 19.4 Å². The van der Waals surface area contributed by atoms with Crippen LogP contribution in [0.3, 0.4) is 0 Å². The number of hydrogen-bond donors (Lipinski definition) is 1. The molecule has 1 N–H and O–H groups in total. The largest absolute Gasteiger partial charge is 0.494 e. The first-order valence-corrected chi connectivity index (χ1v) is 7.68. The van der Waals surface area contributed by atoms with Gasteiger partial charge in [0, 0.05) is 22.6 Å². The maximum atomic E-state index is 11.4. The Bertz CT molecular complexity index is 485. The standard InChI is InChI=1S/C15H20O4S/c1-4-19-14-6-5-12(11(3)16)7-13(14)9-20-8-10(2)15(17)18/h5-7,10H,4,8-9H2,1-3H3,(H,17,18). The highest BCUT2D eigenvalue weighted by molar-refractivity contribution is 7.98. The molecular weight excluding hydrogens is 276 g/mol. The molecule has 4 nitrogen and oxygen atoms in total. The van der Waals surface area contributed by atoms with E-state index in [0.717, 1.165) is 11.3 Å². The van der Waals surface area contributed by atoms with Crippen LogP contribution < -0.4 is 4.74 Å². The predicted molar refractivity (Wildman–Crippen MR) is 80.6 cm³/mol. The number of ether oxygens (including phenoxy) is 1. The molecule has 0 aliphatic heterocycles. The summed E-state index contributed by atoms with van der Waals surface area (Å²) in [5.74, 6) is 0.761. The summed E-state index contributed by atoms with van der Waals surface area (Å²) in [6.45, 7) is 5.68. The molecule has 1 aromatic rings. The smallest absolute Gasteiger partial charge is 0.307 e. The SMILES string of the molecule is CCOc1ccc(C(C)=O)cc1CSCC(C)C(=O)O. The summed E-state index contributed by atoms with van der Waals surface area (Å²) in [6, 6.07) is 5.38. The Labute approximate surface area is 123 Å². The molecule has 0 bridgehead atoms. The molecule has 1 unspecified atom stereocenters. The summed E-state index contributed by atoms with van der Waals surface area (Å²) >= 11 is 1.53. The molecule has 20 heavy (non-hydrogen) atoms. The average molecular weight is 296 g/mol. The second-order valence-electron chi connectivity index (χ2n) is 4.57. The molecule has 0 radical (unpaired) electrons. The van der Waals surface area contributed by atoms with E-state index in [0.29, 0.717) is 23.7 Å². The normalized spacial score (nSPS) is 11.9. The zero-order chi connectivity index (χ0) is 15.1. The van der Waals surface area contributed by atoms with Crippen molar-refractivity contribution in [2.45, 2.75) is 26.5 Å². The monoisotopic (exact) mass is 296 g/mol. The van der Waals surface area contributed by atoms with Gasteiger partial charge in [0.25, 0.3) is 0 Å².